The van der Waals surface area contributed by atoms with Gasteiger partial charge in [0.05, 0.1) is 0 Å². The fraction of sp³-hybridized carbons (Fsp3) is 0.579. The van der Waals surface area contributed by atoms with E-state index >= 15 is 0 Å². The summed E-state index contributed by atoms with van der Waals surface area (Å²) in [5, 5.41) is 3.03. The molecule has 6 nitrogen and oxygen atoms in total. The topological polar surface area (TPSA) is 55.9 Å². The second-order valence-corrected chi connectivity index (χ2v) is 7.40. The highest BCUT2D eigenvalue weighted by molar-refractivity contribution is 5.97. The number of piperidine rings is 1. The summed E-state index contributed by atoms with van der Waals surface area (Å²) in [6, 6.07) is 6.17. The largest absolute Gasteiger partial charge is 0.345 e. The molecule has 3 amide bonds. The molecule has 0 saturated carbocycles. The van der Waals surface area contributed by atoms with E-state index in [9.17, 15) is 9.59 Å². The predicted octanol–water partition coefficient (Wildman–Crippen LogP) is 2.40. The predicted molar refractivity (Wildman–Crippen MR) is 99.0 cm³/mol. The molecule has 6 heteroatoms. The van der Waals surface area contributed by atoms with E-state index in [1.54, 1.807) is 31.1 Å². The summed E-state index contributed by atoms with van der Waals surface area (Å²) in [6.45, 7) is 3.85. The summed E-state index contributed by atoms with van der Waals surface area (Å²) in [5.41, 5.74) is 2.26. The molecule has 2 aliphatic rings. The number of nitrogens with zero attached hydrogens (tertiary/aromatic N) is 3. The van der Waals surface area contributed by atoms with Crippen molar-refractivity contribution in [2.24, 2.45) is 0 Å². The summed E-state index contributed by atoms with van der Waals surface area (Å²) in [7, 11) is 5.60. The lowest BCUT2D eigenvalue weighted by Crippen LogP contribution is -2.50. The van der Waals surface area contributed by atoms with E-state index in [2.05, 4.69) is 17.3 Å². The molecule has 2 heterocycles. The van der Waals surface area contributed by atoms with Crippen LogP contribution in [-0.4, -0.2) is 73.0 Å². The third kappa shape index (κ3) is 3.49. The van der Waals surface area contributed by atoms with Crippen LogP contribution < -0.4 is 5.32 Å². The first kappa shape index (κ1) is 17.7. The second kappa shape index (κ2) is 7.04. The molecule has 0 aliphatic carbocycles. The van der Waals surface area contributed by atoms with Gasteiger partial charge in [-0.1, -0.05) is 6.07 Å². The van der Waals surface area contributed by atoms with Gasteiger partial charge >= 0.3 is 6.03 Å². The molecule has 25 heavy (non-hydrogen) atoms. The van der Waals surface area contributed by atoms with Crippen LogP contribution >= 0.6 is 0 Å². The number of aryl methyl sites for hydroxylation is 1. The molecule has 3 rings (SSSR count). The molecule has 2 atom stereocenters. The number of carbonyl (C=O) groups excluding carboxylic acids is 2. The van der Waals surface area contributed by atoms with Crippen molar-refractivity contribution in [2.45, 2.75) is 38.3 Å². The van der Waals surface area contributed by atoms with Crippen LogP contribution in [0.1, 0.15) is 35.2 Å². The van der Waals surface area contributed by atoms with Crippen LogP contribution in [0.5, 0.6) is 0 Å². The quantitative estimate of drug-likeness (QED) is 0.896. The van der Waals surface area contributed by atoms with Gasteiger partial charge in [0.15, 0.2) is 0 Å². The summed E-state index contributed by atoms with van der Waals surface area (Å²) < 4.78 is 0. The van der Waals surface area contributed by atoms with E-state index in [1.807, 2.05) is 17.9 Å². The highest BCUT2D eigenvalue weighted by Crippen LogP contribution is 2.30. The van der Waals surface area contributed by atoms with Gasteiger partial charge in [0.25, 0.3) is 5.91 Å². The molecule has 2 fully saturated rings. The van der Waals surface area contributed by atoms with Crippen molar-refractivity contribution in [3.63, 3.8) is 0 Å². The lowest BCUT2D eigenvalue weighted by Gasteiger charge is -2.37. The molecule has 2 aliphatic heterocycles. The zero-order chi connectivity index (χ0) is 18.1. The summed E-state index contributed by atoms with van der Waals surface area (Å²) in [4.78, 5) is 30.9. The Morgan fingerprint density at radius 2 is 1.92 bits per heavy atom. The van der Waals surface area contributed by atoms with Crippen molar-refractivity contribution in [1.82, 2.24) is 14.7 Å². The summed E-state index contributed by atoms with van der Waals surface area (Å²) in [5.74, 6) is -0.0642. The van der Waals surface area contributed by atoms with E-state index in [1.165, 1.54) is 0 Å². The smallest absolute Gasteiger partial charge is 0.322 e. The summed E-state index contributed by atoms with van der Waals surface area (Å²) in [6.07, 6.45) is 3.24. The number of anilines is 1. The third-order valence-electron chi connectivity index (χ3n) is 5.48. The van der Waals surface area contributed by atoms with Gasteiger partial charge < -0.3 is 20.0 Å². The van der Waals surface area contributed by atoms with Gasteiger partial charge in [-0.3, -0.25) is 4.79 Å². The monoisotopic (exact) mass is 344 g/mol. The number of carbonyl (C=O) groups is 2. The minimum Gasteiger partial charge on any atom is -0.345 e. The van der Waals surface area contributed by atoms with Gasteiger partial charge in [-0.05, 0) is 57.5 Å². The maximum Gasteiger partial charge on any atom is 0.322 e. The van der Waals surface area contributed by atoms with Gasteiger partial charge in [0, 0.05) is 44.0 Å². The van der Waals surface area contributed by atoms with E-state index in [0.717, 1.165) is 37.9 Å². The number of amides is 3. The Morgan fingerprint density at radius 1 is 1.16 bits per heavy atom. The second-order valence-electron chi connectivity index (χ2n) is 7.40. The molecule has 1 aromatic carbocycles. The number of nitrogens with one attached hydrogen (secondary N) is 1. The third-order valence-corrected chi connectivity index (χ3v) is 5.48. The molecule has 0 spiro atoms. The first-order valence-corrected chi connectivity index (χ1v) is 8.98. The number of hydrogen-bond acceptors (Lipinski definition) is 3. The van der Waals surface area contributed by atoms with E-state index in [4.69, 9.17) is 0 Å². The Hall–Kier alpha value is -2.08. The van der Waals surface area contributed by atoms with Gasteiger partial charge in [0.2, 0.25) is 0 Å². The Morgan fingerprint density at radius 3 is 2.64 bits per heavy atom. The number of fused-ring (bicyclic) bond motifs is 1. The minimum atomic E-state index is -0.0642. The Bertz CT molecular complexity index is 673. The molecular weight excluding hydrogens is 316 g/mol. The van der Waals surface area contributed by atoms with Crippen LogP contribution in [0.15, 0.2) is 18.2 Å². The van der Waals surface area contributed by atoms with Crippen molar-refractivity contribution in [3.8, 4) is 0 Å². The van der Waals surface area contributed by atoms with Gasteiger partial charge in [-0.15, -0.1) is 0 Å². The lowest BCUT2D eigenvalue weighted by molar-refractivity contribution is 0.0827. The highest BCUT2D eigenvalue weighted by Gasteiger charge is 2.40. The van der Waals surface area contributed by atoms with Crippen molar-refractivity contribution >= 4 is 17.6 Å². The van der Waals surface area contributed by atoms with Crippen LogP contribution in [-0.2, 0) is 0 Å². The number of likely N-dealkylation sites (tertiary alicyclic amines) is 2. The molecule has 0 bridgehead atoms. The van der Waals surface area contributed by atoms with Gasteiger partial charge in [0.1, 0.15) is 0 Å². The minimum absolute atomic E-state index is 0.0552. The van der Waals surface area contributed by atoms with Crippen LogP contribution in [0.4, 0.5) is 10.5 Å². The number of hydrogen-bond donors (Lipinski definition) is 1. The van der Waals surface area contributed by atoms with E-state index in [-0.39, 0.29) is 11.9 Å². The average Bonchev–Trinajstić information content (AvgIpc) is 3.01. The number of benzene rings is 1. The van der Waals surface area contributed by atoms with Crippen molar-refractivity contribution < 1.29 is 9.59 Å². The normalized spacial score (nSPS) is 23.3. The van der Waals surface area contributed by atoms with Crippen LogP contribution in [0, 0.1) is 6.92 Å². The van der Waals surface area contributed by atoms with Crippen LogP contribution in [0.25, 0.3) is 0 Å². The molecule has 2 unspecified atom stereocenters. The van der Waals surface area contributed by atoms with E-state index < -0.39 is 0 Å². The molecule has 1 aromatic rings. The van der Waals surface area contributed by atoms with Crippen LogP contribution in [0.3, 0.4) is 0 Å². The van der Waals surface area contributed by atoms with Crippen molar-refractivity contribution in [1.29, 1.82) is 0 Å². The molecule has 0 radical (unpaired) electrons. The van der Waals surface area contributed by atoms with Gasteiger partial charge in [-0.25, -0.2) is 4.79 Å². The molecule has 136 valence electrons. The molecule has 0 aromatic heterocycles. The number of likely N-dealkylation sites (N-methyl/N-ethyl adjacent to an activating group) is 1. The fourth-order valence-corrected chi connectivity index (χ4v) is 4.00. The highest BCUT2D eigenvalue weighted by atomic mass is 16.2. The van der Waals surface area contributed by atoms with E-state index in [0.29, 0.717) is 23.3 Å². The van der Waals surface area contributed by atoms with Crippen molar-refractivity contribution in [2.75, 3.05) is 39.5 Å². The molecular formula is C19H28N4O2. The maximum absolute atomic E-state index is 12.8. The number of urea groups is 1. The first-order chi connectivity index (χ1) is 11.9. The zero-order valence-corrected chi connectivity index (χ0v) is 15.6. The van der Waals surface area contributed by atoms with Gasteiger partial charge in [-0.2, -0.15) is 0 Å². The lowest BCUT2D eigenvalue weighted by atomic mass is 9.98. The van der Waals surface area contributed by atoms with Crippen LogP contribution in [0.2, 0.25) is 0 Å². The zero-order valence-electron chi connectivity index (χ0n) is 15.6. The summed E-state index contributed by atoms with van der Waals surface area (Å²) >= 11 is 0. The van der Waals surface area contributed by atoms with Crippen molar-refractivity contribution in [3.05, 3.63) is 29.3 Å². The molecule has 1 N–H and O–H groups in total. The fourth-order valence-electron chi connectivity index (χ4n) is 4.00. The Labute approximate surface area is 149 Å². The standard InChI is InChI=1S/C19H28N4O2/c1-13-7-8-14(18(24)21(2)3)12-15(13)20-19(25)23-11-9-16-17(23)6-5-10-22(16)4/h7-8,12,16-17H,5-6,9-11H2,1-4H3,(H,20,25). The number of rotatable bonds is 2. The maximum atomic E-state index is 12.8. The average molecular weight is 344 g/mol. The molecule has 2 saturated heterocycles. The Balaban J connectivity index is 1.75. The first-order valence-electron chi connectivity index (χ1n) is 8.98. The Kier molecular flexibility index (Phi) is 4.99. The SMILES string of the molecule is Cc1ccc(C(=O)N(C)C)cc1NC(=O)N1CCC2C1CCCN2C.